The number of amidine groups is 1. The number of carbonyl (C=O) groups is 2. The van der Waals surface area contributed by atoms with Crippen LogP contribution in [0.5, 0.6) is 0 Å². The van der Waals surface area contributed by atoms with Gasteiger partial charge in [-0.25, -0.2) is 20.3 Å². The van der Waals surface area contributed by atoms with Crippen LogP contribution in [0.25, 0.3) is 0 Å². The number of nitrogens with two attached hydrogens (primary N) is 2. The van der Waals surface area contributed by atoms with Gasteiger partial charge in [-0.2, -0.15) is 0 Å². The zero-order valence-electron chi connectivity index (χ0n) is 21.1. The van der Waals surface area contributed by atoms with Crippen LogP contribution >= 0.6 is 0 Å². The summed E-state index contributed by atoms with van der Waals surface area (Å²) in [5.41, 5.74) is 8.57. The second kappa shape index (κ2) is 14.1. The summed E-state index contributed by atoms with van der Waals surface area (Å²) in [6.07, 6.45) is 5.84. The zero-order valence-corrected chi connectivity index (χ0v) is 21.1. The molecule has 196 valence electrons. The van der Waals surface area contributed by atoms with Gasteiger partial charge in [0, 0.05) is 30.9 Å². The van der Waals surface area contributed by atoms with Crippen LogP contribution in [-0.4, -0.2) is 52.6 Å². The first-order chi connectivity index (χ1) is 17.1. The zero-order chi connectivity index (χ0) is 26.7. The number of aryl methyl sites for hydroxylation is 2. The quantitative estimate of drug-likeness (QED) is 0.167. The third kappa shape index (κ3) is 9.59. The molecule has 0 radical (unpaired) electrons. The van der Waals surface area contributed by atoms with Crippen LogP contribution in [0.4, 0.5) is 4.39 Å². The molecule has 2 aromatic rings. The molecule has 1 aliphatic rings. The molecule has 0 saturated heterocycles. The summed E-state index contributed by atoms with van der Waals surface area (Å²) >= 11 is 0. The monoisotopic (exact) mass is 501 g/mol. The van der Waals surface area contributed by atoms with Gasteiger partial charge in [0.2, 0.25) is 5.91 Å². The second-order valence-electron chi connectivity index (χ2n) is 8.77. The van der Waals surface area contributed by atoms with Gasteiger partial charge in [0.05, 0.1) is 0 Å². The third-order valence-corrected chi connectivity index (χ3v) is 5.54. The predicted molar refractivity (Wildman–Crippen MR) is 136 cm³/mol. The van der Waals surface area contributed by atoms with Crippen LogP contribution < -0.4 is 22.2 Å². The van der Waals surface area contributed by atoms with Crippen molar-refractivity contribution in [1.82, 2.24) is 20.7 Å². The van der Waals surface area contributed by atoms with Crippen molar-refractivity contribution in [3.8, 4) is 0 Å². The normalized spacial score (nSPS) is 13.9. The lowest BCUT2D eigenvalue weighted by Crippen LogP contribution is -2.37. The Labute approximate surface area is 210 Å². The summed E-state index contributed by atoms with van der Waals surface area (Å²) in [4.78, 5) is 27.3. The van der Waals surface area contributed by atoms with E-state index in [0.717, 1.165) is 23.5 Å². The van der Waals surface area contributed by atoms with Crippen LogP contribution in [-0.2, 0) is 11.3 Å². The Morgan fingerprint density at radius 3 is 2.50 bits per heavy atom. The smallest absolute Gasteiger partial charge is 0.270 e. The first kappa shape index (κ1) is 28.7. The van der Waals surface area contributed by atoms with Gasteiger partial charge in [0.15, 0.2) is 5.84 Å². The third-order valence-electron chi connectivity index (χ3n) is 5.54. The molecule has 10 nitrogen and oxygen atoms in total. The van der Waals surface area contributed by atoms with E-state index in [1.54, 1.807) is 45.2 Å². The minimum atomic E-state index is -0.378. The van der Waals surface area contributed by atoms with E-state index in [1.807, 2.05) is 0 Å². The Bertz CT molecular complexity index is 1070. The van der Waals surface area contributed by atoms with E-state index < -0.39 is 0 Å². The molecule has 1 fully saturated rings. The molecule has 2 amide bonds. The van der Waals surface area contributed by atoms with Gasteiger partial charge >= 0.3 is 0 Å². The molecule has 0 aliphatic heterocycles. The van der Waals surface area contributed by atoms with E-state index >= 15 is 0 Å². The molecule has 7 N–H and O–H groups in total. The van der Waals surface area contributed by atoms with Gasteiger partial charge in [-0.3, -0.25) is 9.59 Å². The topological polar surface area (TPSA) is 159 Å². The molecule has 3 rings (SSSR count). The number of benzene rings is 1. The van der Waals surface area contributed by atoms with Crippen LogP contribution in [0, 0.1) is 19.7 Å². The maximum absolute atomic E-state index is 13.3. The van der Waals surface area contributed by atoms with Crippen molar-refractivity contribution in [2.24, 2.45) is 16.7 Å². The minimum Gasteiger partial charge on any atom is -0.387 e. The SMILES string of the molecule is Cc1cc(/C(N)=N/N(C)N)cc(C(=O)NCc2ccc(F)c(C)c2)n1.O=C(CO)NC1CCCCC1. The number of hydrazine groups is 1. The van der Waals surface area contributed by atoms with Gasteiger partial charge in [0.1, 0.15) is 18.1 Å². The van der Waals surface area contributed by atoms with Crippen molar-refractivity contribution >= 4 is 17.6 Å². The molecule has 0 spiro atoms. The number of rotatable bonds is 7. The van der Waals surface area contributed by atoms with E-state index in [4.69, 9.17) is 16.7 Å². The fraction of sp³-hybridized carbons (Fsp3) is 0.440. The van der Waals surface area contributed by atoms with E-state index in [9.17, 15) is 14.0 Å². The number of amides is 2. The highest BCUT2D eigenvalue weighted by molar-refractivity contribution is 6.00. The Kier molecular flexibility index (Phi) is 11.2. The highest BCUT2D eigenvalue weighted by atomic mass is 19.1. The van der Waals surface area contributed by atoms with Crippen molar-refractivity contribution < 1.29 is 19.1 Å². The lowest BCUT2D eigenvalue weighted by molar-refractivity contribution is -0.124. The molecule has 36 heavy (non-hydrogen) atoms. The maximum Gasteiger partial charge on any atom is 0.270 e. The standard InChI is InChI=1S/C17H21FN6O.C8H15NO2/c1-10-6-12(4-5-14(10)18)9-21-17(25)15-8-13(7-11(2)22-15)16(19)23-24(3)20;10-6-8(11)9-7-4-2-1-3-5-7/h4-8H,9,20H2,1-3H3,(H2,19,23)(H,21,25);7,10H,1-6H2,(H,9,11). The summed E-state index contributed by atoms with van der Waals surface area (Å²) < 4.78 is 13.3. The number of aliphatic hydroxyl groups excluding tert-OH is 1. The van der Waals surface area contributed by atoms with Gasteiger partial charge in [-0.1, -0.05) is 31.4 Å². The van der Waals surface area contributed by atoms with Crippen molar-refractivity contribution in [3.05, 3.63) is 64.2 Å². The largest absolute Gasteiger partial charge is 0.387 e. The highest BCUT2D eigenvalue weighted by Crippen LogP contribution is 2.17. The number of hydrogen-bond acceptors (Lipinski definition) is 7. The average Bonchev–Trinajstić information content (AvgIpc) is 2.84. The Morgan fingerprint density at radius 2 is 1.89 bits per heavy atom. The van der Waals surface area contributed by atoms with E-state index in [2.05, 4.69) is 20.7 Å². The van der Waals surface area contributed by atoms with Crippen LogP contribution in [0.3, 0.4) is 0 Å². The molecule has 1 aliphatic carbocycles. The Hall–Kier alpha value is -3.57. The minimum absolute atomic E-state index is 0.179. The summed E-state index contributed by atoms with van der Waals surface area (Å²) in [5.74, 6) is 4.75. The lowest BCUT2D eigenvalue weighted by Gasteiger charge is -2.22. The van der Waals surface area contributed by atoms with E-state index in [-0.39, 0.29) is 42.3 Å². The number of pyridine rings is 1. The predicted octanol–water partition coefficient (Wildman–Crippen LogP) is 1.62. The van der Waals surface area contributed by atoms with Gasteiger partial charge in [0.25, 0.3) is 5.91 Å². The second-order valence-corrected chi connectivity index (χ2v) is 8.77. The van der Waals surface area contributed by atoms with Gasteiger partial charge in [-0.05, 0) is 56.0 Å². The molecule has 1 aromatic heterocycles. The maximum atomic E-state index is 13.3. The molecular formula is C25H36FN7O3. The van der Waals surface area contributed by atoms with Crippen molar-refractivity contribution in [2.75, 3.05) is 13.7 Å². The van der Waals surface area contributed by atoms with E-state index in [0.29, 0.717) is 22.9 Å². The highest BCUT2D eigenvalue weighted by Gasteiger charge is 2.14. The molecule has 0 unspecified atom stereocenters. The van der Waals surface area contributed by atoms with Crippen molar-refractivity contribution in [1.29, 1.82) is 0 Å². The molecule has 0 atom stereocenters. The van der Waals surface area contributed by atoms with Gasteiger partial charge in [-0.15, -0.1) is 5.10 Å². The number of halogens is 1. The first-order valence-corrected chi connectivity index (χ1v) is 11.8. The Balaban J connectivity index is 0.000000346. The molecular weight excluding hydrogens is 465 g/mol. The number of aliphatic hydroxyl groups is 1. The Morgan fingerprint density at radius 1 is 1.19 bits per heavy atom. The molecule has 0 bridgehead atoms. The van der Waals surface area contributed by atoms with Gasteiger partial charge < -0.3 is 21.5 Å². The first-order valence-electron chi connectivity index (χ1n) is 11.8. The number of nitrogens with one attached hydrogen (secondary N) is 2. The average molecular weight is 502 g/mol. The fourth-order valence-corrected chi connectivity index (χ4v) is 3.77. The van der Waals surface area contributed by atoms with Crippen LogP contribution in [0.1, 0.15) is 65.0 Å². The number of aromatic nitrogens is 1. The van der Waals surface area contributed by atoms with Crippen molar-refractivity contribution in [2.45, 2.75) is 58.5 Å². The number of hydrogen-bond donors (Lipinski definition) is 5. The molecule has 11 heteroatoms. The summed E-state index contributed by atoms with van der Waals surface area (Å²) in [6, 6.07) is 8.26. The number of carbonyl (C=O) groups excluding carboxylic acids is 2. The summed E-state index contributed by atoms with van der Waals surface area (Å²) in [6.45, 7) is 3.31. The molecule has 1 saturated carbocycles. The van der Waals surface area contributed by atoms with E-state index in [1.165, 1.54) is 25.3 Å². The molecule has 1 heterocycles. The van der Waals surface area contributed by atoms with Crippen molar-refractivity contribution in [3.63, 3.8) is 0 Å². The van der Waals surface area contributed by atoms with Crippen LogP contribution in [0.2, 0.25) is 0 Å². The fourth-order valence-electron chi connectivity index (χ4n) is 3.77. The van der Waals surface area contributed by atoms with Crippen LogP contribution in [0.15, 0.2) is 35.4 Å². The number of hydrazone groups is 1. The lowest BCUT2D eigenvalue weighted by atomic mass is 9.95. The summed E-state index contributed by atoms with van der Waals surface area (Å²) in [5, 5.41) is 19.0. The summed E-state index contributed by atoms with van der Waals surface area (Å²) in [7, 11) is 1.54. The number of nitrogens with zero attached hydrogens (tertiary/aromatic N) is 3. The molecule has 1 aromatic carbocycles.